The van der Waals surface area contributed by atoms with E-state index in [0.29, 0.717) is 44.3 Å². The summed E-state index contributed by atoms with van der Waals surface area (Å²) in [6, 6.07) is 0. The summed E-state index contributed by atoms with van der Waals surface area (Å²) in [7, 11) is -39.2. The van der Waals surface area contributed by atoms with Gasteiger partial charge in [0.25, 0.3) is 0 Å². The van der Waals surface area contributed by atoms with Gasteiger partial charge in [-0.3, -0.25) is 0 Å². The third-order valence-corrected chi connectivity index (χ3v) is 73.4. The molecular formula is C66H130O20Si16Ti. The Kier molecular flexibility index (Phi) is 33.3. The standard InChI is InChI=1S/2C33H65O10Si8.Ti/c2*1-49(2,3)39-45(29-18-6-7-19-29)37-46(30-20-8-9-21-30)40-50(35,32-24-12-13-25-32)43-51(33-26-14-15-27-33)41-47(31-22-10-11-23-31)36-44(38-48(34)42-51)28-16-4-5-17-28;/h2*28-35H,4-27H2,1-3H3;. The van der Waals surface area contributed by atoms with Gasteiger partial charge in [0.1, 0.15) is 0 Å². The number of hydrogen-bond donors (Lipinski definition) is 4. The second kappa shape index (κ2) is 40.0. The monoisotopic (exact) mass is 1740 g/mol. The summed E-state index contributed by atoms with van der Waals surface area (Å²) < 4.78 is 114. The summed E-state index contributed by atoms with van der Waals surface area (Å²) in [5.74, 6) is 0. The van der Waals surface area contributed by atoms with E-state index in [1.54, 1.807) is 0 Å². The van der Waals surface area contributed by atoms with Gasteiger partial charge < -0.3 is 85.0 Å². The molecule has 4 N–H and O–H groups in total. The van der Waals surface area contributed by atoms with E-state index >= 15 is 0 Å². The molecule has 14 fully saturated rings. The van der Waals surface area contributed by atoms with Crippen LogP contribution in [0.1, 0.15) is 308 Å². The first-order valence-electron chi connectivity index (χ1n) is 41.7. The molecule has 10 radical (unpaired) electrons. The maximum atomic E-state index is 13.3. The van der Waals surface area contributed by atoms with Crippen LogP contribution in [0, 0.1) is 0 Å². The fourth-order valence-electron chi connectivity index (χ4n) is 19.4. The summed E-state index contributed by atoms with van der Waals surface area (Å²) >= 11 is 0. The average Bonchev–Trinajstić information content (AvgIpc) is 1.57. The third kappa shape index (κ3) is 23.4. The summed E-state index contributed by atoms with van der Waals surface area (Å²) in [5, 5.41) is 0. The van der Waals surface area contributed by atoms with Crippen molar-refractivity contribution in [3.8, 4) is 0 Å². The van der Waals surface area contributed by atoms with E-state index in [4.69, 9.17) is 65.8 Å². The first kappa shape index (κ1) is 85.7. The van der Waals surface area contributed by atoms with E-state index in [1.807, 2.05) is 0 Å². The normalized spacial score (nSPS) is 31.3. The van der Waals surface area contributed by atoms with Gasteiger partial charge in [0.2, 0.25) is 0 Å². The molecule has 0 aromatic heterocycles. The molecule has 2 aliphatic heterocycles. The Bertz CT molecular complexity index is 2330. The predicted molar refractivity (Wildman–Crippen MR) is 420 cm³/mol. The molecule has 14 aliphatic rings. The number of hydrogen-bond acceptors (Lipinski definition) is 20. The van der Waals surface area contributed by atoms with Crippen LogP contribution in [0.15, 0.2) is 0 Å². The largest absolute Gasteiger partial charge is 0.557 e. The second-order valence-electron chi connectivity index (χ2n) is 35.2. The van der Waals surface area contributed by atoms with Gasteiger partial charge in [0.15, 0.2) is 16.6 Å². The van der Waals surface area contributed by atoms with Crippen LogP contribution < -0.4 is 0 Å². The molecule has 37 heteroatoms. The molecule has 4 atom stereocenters. The zero-order valence-corrected chi connectivity index (χ0v) is 81.3. The van der Waals surface area contributed by atoms with Gasteiger partial charge in [0, 0.05) is 88.2 Å². The van der Waals surface area contributed by atoms with E-state index in [0.717, 1.165) is 205 Å². The first-order valence-corrected chi connectivity index (χ1v) is 69.5. The SMILES string of the molecule is C[Si](C)(C)O[Si](O[Si](O[Si](O)(O[Si]1(C2CCCC2)O[Si](O)O[Si](C2CCCC2)O[Si](C2CCCC2)O1)C1CCCC1)C1CCCC1)C1CCCC1.C[Si](C)(C)O[Si](O[Si](O[Si](O)(O[Si]1(C2CCCC2)O[Si](O)O[Si](C2CCCC2)O[Si](C2CCCC2)O1)C1CCCC1)C1CCCC1)C1CCCC1.[Ti]. The molecule has 2 saturated heterocycles. The fourth-order valence-corrected chi connectivity index (χ4v) is 77.1. The van der Waals surface area contributed by atoms with Crippen LogP contribution in [0.25, 0.3) is 0 Å². The Morgan fingerprint density at radius 1 is 0.301 bits per heavy atom. The summed E-state index contributed by atoms with van der Waals surface area (Å²) in [4.78, 5) is 50.1. The van der Waals surface area contributed by atoms with Crippen LogP contribution in [-0.2, 0) is 87.6 Å². The van der Waals surface area contributed by atoms with Crippen molar-refractivity contribution >= 4 is 145 Å². The quantitative estimate of drug-likeness (QED) is 0.0534. The topological polar surface area (TPSA) is 229 Å². The van der Waals surface area contributed by atoms with E-state index in [2.05, 4.69) is 39.3 Å². The minimum Gasteiger partial charge on any atom is -0.435 e. The van der Waals surface area contributed by atoms with Gasteiger partial charge in [-0.15, -0.1) is 0 Å². The minimum atomic E-state index is -4.00. The molecule has 0 spiro atoms. The maximum Gasteiger partial charge on any atom is 0.557 e. The third-order valence-electron chi connectivity index (χ3n) is 25.0. The van der Waals surface area contributed by atoms with Crippen LogP contribution in [0.3, 0.4) is 0 Å². The Balaban J connectivity index is 0.000000192. The second-order valence-corrected chi connectivity index (χ2v) is 77.6. The zero-order chi connectivity index (χ0) is 71.0. The Morgan fingerprint density at radius 2 is 0.534 bits per heavy atom. The molecule has 103 heavy (non-hydrogen) atoms. The molecule has 0 amide bonds. The summed E-state index contributed by atoms with van der Waals surface area (Å²) in [6.45, 7) is 13.6. The fraction of sp³-hybridized carbons (Fsp3) is 1.00. The van der Waals surface area contributed by atoms with Crippen molar-refractivity contribution in [1.82, 2.24) is 0 Å². The average molecular weight is 1740 g/mol. The van der Waals surface area contributed by atoms with Crippen molar-refractivity contribution in [3.05, 3.63) is 0 Å². The van der Waals surface area contributed by atoms with Crippen LogP contribution in [0.5, 0.6) is 0 Å². The predicted octanol–water partition coefficient (Wildman–Crippen LogP) is 16.9. The zero-order valence-electron chi connectivity index (χ0n) is 63.7. The van der Waals surface area contributed by atoms with Crippen molar-refractivity contribution in [3.63, 3.8) is 0 Å². The first-order chi connectivity index (χ1) is 49.2. The van der Waals surface area contributed by atoms with Crippen molar-refractivity contribution < 1.29 is 107 Å². The molecule has 20 nitrogen and oxygen atoms in total. The van der Waals surface area contributed by atoms with Crippen LogP contribution >= 0.6 is 0 Å². The molecule has 582 valence electrons. The smallest absolute Gasteiger partial charge is 0.435 e. The van der Waals surface area contributed by atoms with Crippen LogP contribution in [0.4, 0.5) is 0 Å². The summed E-state index contributed by atoms with van der Waals surface area (Å²) in [6.07, 6.45) is 52.4. The van der Waals surface area contributed by atoms with Gasteiger partial charge in [-0.1, -0.05) is 154 Å². The molecule has 2 heterocycles. The van der Waals surface area contributed by atoms with Crippen molar-refractivity contribution in [2.45, 2.75) is 414 Å². The Morgan fingerprint density at radius 3 is 0.806 bits per heavy atom. The van der Waals surface area contributed by atoms with E-state index in [9.17, 15) is 19.2 Å². The van der Waals surface area contributed by atoms with Gasteiger partial charge in [-0.2, -0.15) is 0 Å². The van der Waals surface area contributed by atoms with Gasteiger partial charge in [-0.05, 0) is 193 Å². The Hall–Kier alpha value is 3.38. The van der Waals surface area contributed by atoms with Crippen LogP contribution in [0.2, 0.25) is 106 Å². The molecule has 14 rings (SSSR count). The summed E-state index contributed by atoms with van der Waals surface area (Å²) in [5.41, 5.74) is 2.75. The number of rotatable bonds is 28. The van der Waals surface area contributed by atoms with Crippen molar-refractivity contribution in [1.29, 1.82) is 0 Å². The molecular weight excluding hydrogens is 1610 g/mol. The molecule has 0 aromatic carbocycles. The molecule has 0 aromatic rings. The molecule has 0 bridgehead atoms. The van der Waals surface area contributed by atoms with Gasteiger partial charge >= 0.3 is 129 Å². The van der Waals surface area contributed by atoms with E-state index in [-0.39, 0.29) is 43.9 Å². The van der Waals surface area contributed by atoms with Gasteiger partial charge in [-0.25, -0.2) is 0 Å². The van der Waals surface area contributed by atoms with Crippen molar-refractivity contribution in [2.24, 2.45) is 0 Å². The van der Waals surface area contributed by atoms with Crippen molar-refractivity contribution in [2.75, 3.05) is 0 Å². The minimum absolute atomic E-state index is 0. The van der Waals surface area contributed by atoms with E-state index in [1.165, 1.54) is 103 Å². The Labute approximate surface area is 660 Å². The van der Waals surface area contributed by atoms with E-state index < -0.39 is 145 Å². The molecule has 12 saturated carbocycles. The molecule has 12 aliphatic carbocycles. The molecule has 4 unspecified atom stereocenters. The van der Waals surface area contributed by atoms with Gasteiger partial charge in [0.05, 0.1) is 0 Å². The van der Waals surface area contributed by atoms with Crippen LogP contribution in [-0.4, -0.2) is 164 Å². The maximum absolute atomic E-state index is 13.3.